The summed E-state index contributed by atoms with van der Waals surface area (Å²) in [6, 6.07) is 13.8. The van der Waals surface area contributed by atoms with Gasteiger partial charge in [-0.05, 0) is 49.6 Å². The number of carbonyl (C=O) groups excluding carboxylic acids is 1. The Morgan fingerprint density at radius 2 is 1.76 bits per heavy atom. The highest BCUT2D eigenvalue weighted by Crippen LogP contribution is 2.27. The summed E-state index contributed by atoms with van der Waals surface area (Å²) in [7, 11) is 0. The van der Waals surface area contributed by atoms with Crippen LogP contribution in [0.4, 0.5) is 4.39 Å². The van der Waals surface area contributed by atoms with Gasteiger partial charge in [0.15, 0.2) is 0 Å². The van der Waals surface area contributed by atoms with Crippen molar-refractivity contribution in [3.8, 4) is 5.69 Å². The third kappa shape index (κ3) is 4.13. The molecular formula is C22H23FN4O2. The van der Waals surface area contributed by atoms with Gasteiger partial charge in [-0.2, -0.15) is 5.10 Å². The fourth-order valence-electron chi connectivity index (χ4n) is 3.80. The van der Waals surface area contributed by atoms with Gasteiger partial charge in [-0.3, -0.25) is 4.79 Å². The number of hydrogen-bond donors (Lipinski definition) is 1. The van der Waals surface area contributed by atoms with Gasteiger partial charge in [0, 0.05) is 19.0 Å². The second kappa shape index (κ2) is 8.03. The highest BCUT2D eigenvalue weighted by Gasteiger charge is 2.28. The number of likely N-dealkylation sites (tertiary alicyclic amines) is 1. The van der Waals surface area contributed by atoms with Crippen LogP contribution in [0.15, 0.2) is 53.3 Å². The molecule has 2 heterocycles. The highest BCUT2D eigenvalue weighted by atomic mass is 19.1. The van der Waals surface area contributed by atoms with Gasteiger partial charge in [0.25, 0.3) is 0 Å². The van der Waals surface area contributed by atoms with E-state index in [4.69, 9.17) is 0 Å². The molecule has 3 aromatic rings. The quantitative estimate of drug-likeness (QED) is 0.740. The van der Waals surface area contributed by atoms with Crippen LogP contribution in [0.2, 0.25) is 0 Å². The fraction of sp³-hybridized carbons (Fsp3) is 0.318. The first-order valence-electron chi connectivity index (χ1n) is 9.78. The first-order valence-corrected chi connectivity index (χ1v) is 9.78. The Hall–Kier alpha value is -3.22. The van der Waals surface area contributed by atoms with Crippen LogP contribution in [0.3, 0.4) is 0 Å². The smallest absolute Gasteiger partial charge is 0.342 e. The van der Waals surface area contributed by atoms with E-state index in [1.807, 2.05) is 36.1 Å². The standard InChI is InChI=1S/C22H23FN4O2/c1-15-2-8-19(9-3-15)27-21(24-25-22(27)29)17-10-12-26(13-11-17)20(28)14-16-4-6-18(23)7-5-16/h2-9,17H,10-14H2,1H3,(H,25,29). The zero-order chi connectivity index (χ0) is 20.4. The molecule has 7 heteroatoms. The van der Waals surface area contributed by atoms with Crippen LogP contribution in [-0.2, 0) is 11.2 Å². The Morgan fingerprint density at radius 3 is 2.41 bits per heavy atom. The van der Waals surface area contributed by atoms with Gasteiger partial charge < -0.3 is 4.90 Å². The fourth-order valence-corrected chi connectivity index (χ4v) is 3.80. The summed E-state index contributed by atoms with van der Waals surface area (Å²) in [4.78, 5) is 26.7. The Morgan fingerprint density at radius 1 is 1.10 bits per heavy atom. The number of nitrogens with one attached hydrogen (secondary N) is 1. The molecule has 0 unspecified atom stereocenters. The third-order valence-electron chi connectivity index (χ3n) is 5.47. The Balaban J connectivity index is 1.44. The van der Waals surface area contributed by atoms with Crippen LogP contribution in [0.1, 0.15) is 35.7 Å². The van der Waals surface area contributed by atoms with Gasteiger partial charge in [-0.15, -0.1) is 0 Å². The van der Waals surface area contributed by atoms with E-state index in [0.29, 0.717) is 18.9 Å². The number of H-pyrrole nitrogens is 1. The van der Waals surface area contributed by atoms with Gasteiger partial charge in [0.05, 0.1) is 12.1 Å². The number of amides is 1. The molecule has 1 aliphatic rings. The van der Waals surface area contributed by atoms with E-state index in [0.717, 1.165) is 29.7 Å². The van der Waals surface area contributed by atoms with Crippen molar-refractivity contribution in [2.45, 2.75) is 32.1 Å². The predicted octanol–water partition coefficient (Wildman–Crippen LogP) is 2.96. The van der Waals surface area contributed by atoms with Gasteiger partial charge in [0.2, 0.25) is 5.91 Å². The van der Waals surface area contributed by atoms with Crippen molar-refractivity contribution in [2.24, 2.45) is 0 Å². The van der Waals surface area contributed by atoms with E-state index in [1.165, 1.54) is 12.1 Å². The molecule has 4 rings (SSSR count). The average molecular weight is 394 g/mol. The van der Waals surface area contributed by atoms with E-state index >= 15 is 0 Å². The van der Waals surface area contributed by atoms with Crippen molar-refractivity contribution in [2.75, 3.05) is 13.1 Å². The first-order chi connectivity index (χ1) is 14.0. The number of hydrogen-bond acceptors (Lipinski definition) is 3. The first kappa shape index (κ1) is 19.1. The zero-order valence-corrected chi connectivity index (χ0v) is 16.3. The van der Waals surface area contributed by atoms with Crippen LogP contribution in [0, 0.1) is 12.7 Å². The lowest BCUT2D eigenvalue weighted by Crippen LogP contribution is -2.39. The molecule has 1 N–H and O–H groups in total. The lowest BCUT2D eigenvalue weighted by molar-refractivity contribution is -0.131. The van der Waals surface area contributed by atoms with Crippen molar-refractivity contribution >= 4 is 5.91 Å². The molecule has 1 amide bonds. The van der Waals surface area contributed by atoms with E-state index < -0.39 is 0 Å². The molecule has 150 valence electrons. The molecule has 1 saturated heterocycles. The monoisotopic (exact) mass is 394 g/mol. The summed E-state index contributed by atoms with van der Waals surface area (Å²) in [6.45, 7) is 3.22. The zero-order valence-electron chi connectivity index (χ0n) is 16.3. The van der Waals surface area contributed by atoms with E-state index in [-0.39, 0.29) is 29.8 Å². The van der Waals surface area contributed by atoms with Gasteiger partial charge >= 0.3 is 5.69 Å². The third-order valence-corrected chi connectivity index (χ3v) is 5.47. The number of piperidine rings is 1. The van der Waals surface area contributed by atoms with Crippen LogP contribution in [0.5, 0.6) is 0 Å². The number of nitrogens with zero attached hydrogens (tertiary/aromatic N) is 3. The summed E-state index contributed by atoms with van der Waals surface area (Å²) >= 11 is 0. The van der Waals surface area contributed by atoms with Crippen molar-refractivity contribution in [3.05, 3.63) is 81.8 Å². The molecule has 0 spiro atoms. The summed E-state index contributed by atoms with van der Waals surface area (Å²) in [5.74, 6) is 0.545. The molecule has 2 aromatic carbocycles. The van der Waals surface area contributed by atoms with Crippen molar-refractivity contribution in [3.63, 3.8) is 0 Å². The molecule has 29 heavy (non-hydrogen) atoms. The van der Waals surface area contributed by atoms with Crippen LogP contribution in [0.25, 0.3) is 5.69 Å². The molecule has 0 saturated carbocycles. The normalized spacial score (nSPS) is 14.9. The summed E-state index contributed by atoms with van der Waals surface area (Å²) < 4.78 is 14.7. The van der Waals surface area contributed by atoms with E-state index in [1.54, 1.807) is 16.7 Å². The van der Waals surface area contributed by atoms with E-state index in [9.17, 15) is 14.0 Å². The van der Waals surface area contributed by atoms with Gasteiger partial charge in [0.1, 0.15) is 11.6 Å². The van der Waals surface area contributed by atoms with Crippen LogP contribution in [-0.4, -0.2) is 38.7 Å². The Bertz CT molecular complexity index is 1050. The van der Waals surface area contributed by atoms with Crippen molar-refractivity contribution in [1.82, 2.24) is 19.7 Å². The average Bonchev–Trinajstić information content (AvgIpc) is 3.12. The molecule has 0 atom stereocenters. The van der Waals surface area contributed by atoms with Crippen LogP contribution >= 0.6 is 0 Å². The summed E-state index contributed by atoms with van der Waals surface area (Å²) in [6.07, 6.45) is 1.75. The number of rotatable bonds is 4. The number of benzene rings is 2. The molecule has 1 fully saturated rings. The topological polar surface area (TPSA) is 71.0 Å². The van der Waals surface area contributed by atoms with Gasteiger partial charge in [-0.1, -0.05) is 29.8 Å². The Labute approximate surface area is 168 Å². The minimum Gasteiger partial charge on any atom is -0.342 e. The maximum absolute atomic E-state index is 13.0. The molecule has 0 bridgehead atoms. The number of aromatic nitrogens is 3. The maximum Gasteiger partial charge on any atom is 0.347 e. The minimum atomic E-state index is -0.305. The van der Waals surface area contributed by atoms with Crippen molar-refractivity contribution in [1.29, 1.82) is 0 Å². The summed E-state index contributed by atoms with van der Waals surface area (Å²) in [5, 5.41) is 6.84. The number of aryl methyl sites for hydroxylation is 1. The molecule has 1 aromatic heterocycles. The molecule has 6 nitrogen and oxygen atoms in total. The minimum absolute atomic E-state index is 0.0352. The van der Waals surface area contributed by atoms with Crippen LogP contribution < -0.4 is 5.69 Å². The summed E-state index contributed by atoms with van der Waals surface area (Å²) in [5.41, 5.74) is 2.47. The molecular weight excluding hydrogens is 371 g/mol. The number of aromatic amines is 1. The SMILES string of the molecule is Cc1ccc(-n2c(C3CCN(C(=O)Cc4ccc(F)cc4)CC3)n[nH]c2=O)cc1. The Kier molecular flexibility index (Phi) is 5.29. The molecule has 0 radical (unpaired) electrons. The lowest BCUT2D eigenvalue weighted by atomic mass is 9.95. The number of carbonyl (C=O) groups is 1. The largest absolute Gasteiger partial charge is 0.347 e. The van der Waals surface area contributed by atoms with Crippen molar-refractivity contribution < 1.29 is 9.18 Å². The van der Waals surface area contributed by atoms with Gasteiger partial charge in [-0.25, -0.2) is 18.9 Å². The second-order valence-corrected chi connectivity index (χ2v) is 7.52. The number of halogens is 1. The molecule has 0 aliphatic carbocycles. The molecule has 1 aliphatic heterocycles. The lowest BCUT2D eigenvalue weighted by Gasteiger charge is -2.31. The second-order valence-electron chi connectivity index (χ2n) is 7.52. The highest BCUT2D eigenvalue weighted by molar-refractivity contribution is 5.78. The van der Waals surface area contributed by atoms with E-state index in [2.05, 4.69) is 10.2 Å². The maximum atomic E-state index is 13.0. The predicted molar refractivity (Wildman–Crippen MR) is 108 cm³/mol.